The van der Waals surface area contributed by atoms with Gasteiger partial charge in [-0.3, -0.25) is 9.79 Å². The largest absolute Gasteiger partial charge is 0.385 e. The minimum Gasteiger partial charge on any atom is -0.385 e. The van der Waals surface area contributed by atoms with Crippen LogP contribution in [0.4, 0.5) is 27.6 Å². The molecule has 1 heterocycles. The molecule has 2 aliphatic rings. The lowest BCUT2D eigenvalue weighted by molar-refractivity contribution is -0.119. The Kier molecular flexibility index (Phi) is 4.21. The third kappa shape index (κ3) is 3.13. The topological polar surface area (TPSA) is 76.7 Å². The quantitative estimate of drug-likeness (QED) is 0.796. The Morgan fingerprint density at radius 3 is 2.62 bits per heavy atom. The van der Waals surface area contributed by atoms with Crippen LogP contribution in [0, 0.1) is 11.7 Å². The lowest BCUT2D eigenvalue weighted by atomic mass is 9.85. The van der Waals surface area contributed by atoms with Crippen molar-refractivity contribution in [1.82, 2.24) is 0 Å². The maximum atomic E-state index is 14.5. The highest BCUT2D eigenvalue weighted by atomic mass is 19.3. The molecule has 0 bridgehead atoms. The number of amidine groups is 1. The lowest BCUT2D eigenvalue weighted by Crippen LogP contribution is -2.45. The van der Waals surface area contributed by atoms with Crippen molar-refractivity contribution in [2.45, 2.75) is 30.7 Å². The summed E-state index contributed by atoms with van der Waals surface area (Å²) in [5.74, 6) is -10.4. The van der Waals surface area contributed by atoms with Crippen molar-refractivity contribution in [3.8, 4) is 0 Å². The number of halogens is 5. The number of aliphatic imine (C=N–C) groups is 1. The molecule has 0 radical (unpaired) electrons. The molecular weight excluding hydrogens is 361 g/mol. The molecule has 1 aromatic rings. The summed E-state index contributed by atoms with van der Waals surface area (Å²) < 4.78 is 74.1. The fourth-order valence-electron chi connectivity index (χ4n) is 2.79. The number of nitrogens with one attached hydrogen (secondary N) is 1. The van der Waals surface area contributed by atoms with Crippen LogP contribution in [0.25, 0.3) is 0 Å². The average molecular weight is 377 g/mol. The van der Waals surface area contributed by atoms with Crippen molar-refractivity contribution in [3.05, 3.63) is 29.6 Å². The second kappa shape index (κ2) is 5.90. The Balaban J connectivity index is 1.96. The number of carbonyl (C=O) groups excluding carboxylic acids is 1. The number of hydrogen-bond acceptors (Lipinski definition) is 4. The first-order valence-electron chi connectivity index (χ1n) is 7.75. The number of ether oxygens (including phenoxy) is 1. The number of alkyl halides is 4. The number of benzene rings is 1. The molecule has 10 heteroatoms. The maximum Gasteiger partial charge on any atom is 0.299 e. The van der Waals surface area contributed by atoms with Crippen LogP contribution >= 0.6 is 0 Å². The third-order valence-electron chi connectivity index (χ3n) is 4.51. The Hall–Kier alpha value is -2.23. The van der Waals surface area contributed by atoms with E-state index in [1.165, 1.54) is 0 Å². The highest BCUT2D eigenvalue weighted by molar-refractivity contribution is 5.95. The van der Waals surface area contributed by atoms with E-state index in [2.05, 4.69) is 10.3 Å². The maximum absolute atomic E-state index is 14.5. The van der Waals surface area contributed by atoms with Gasteiger partial charge >= 0.3 is 0 Å². The summed E-state index contributed by atoms with van der Waals surface area (Å²) >= 11 is 0. The van der Waals surface area contributed by atoms with Crippen LogP contribution in [0.3, 0.4) is 0 Å². The third-order valence-corrected chi connectivity index (χ3v) is 4.51. The first kappa shape index (κ1) is 18.6. The Bertz CT molecular complexity index is 783. The highest BCUT2D eigenvalue weighted by Gasteiger charge is 2.61. The highest BCUT2D eigenvalue weighted by Crippen LogP contribution is 2.49. The molecule has 1 fully saturated rings. The van der Waals surface area contributed by atoms with Crippen LogP contribution in [-0.4, -0.2) is 36.8 Å². The monoisotopic (exact) mass is 377 g/mol. The summed E-state index contributed by atoms with van der Waals surface area (Å²) in [6.45, 7) is -0.369. The van der Waals surface area contributed by atoms with Gasteiger partial charge in [-0.2, -0.15) is 0 Å². The zero-order chi connectivity index (χ0) is 19.3. The normalized spacial score (nSPS) is 29.5. The Labute approximate surface area is 145 Å². The first-order chi connectivity index (χ1) is 12.0. The predicted molar refractivity (Wildman–Crippen MR) is 82.8 cm³/mol. The van der Waals surface area contributed by atoms with Gasteiger partial charge in [0.1, 0.15) is 30.8 Å². The molecule has 1 amide bonds. The summed E-state index contributed by atoms with van der Waals surface area (Å²) in [7, 11) is 0. The van der Waals surface area contributed by atoms with Crippen LogP contribution in [0.1, 0.15) is 18.9 Å². The van der Waals surface area contributed by atoms with Crippen molar-refractivity contribution in [2.75, 3.05) is 18.5 Å². The van der Waals surface area contributed by atoms with Gasteiger partial charge < -0.3 is 15.8 Å². The zero-order valence-corrected chi connectivity index (χ0v) is 13.7. The van der Waals surface area contributed by atoms with Gasteiger partial charge in [-0.25, -0.2) is 22.0 Å². The summed E-state index contributed by atoms with van der Waals surface area (Å²) in [4.78, 5) is 15.5. The molecule has 1 aromatic carbocycles. The molecule has 0 saturated heterocycles. The molecule has 142 valence electrons. The number of rotatable bonds is 3. The molecule has 1 aliphatic heterocycles. The van der Waals surface area contributed by atoms with Gasteiger partial charge in [-0.05, 0) is 25.1 Å². The number of nitrogens with two attached hydrogens (primary N) is 1. The Morgan fingerprint density at radius 2 is 2.00 bits per heavy atom. The SMILES string of the molecule is C[C@]1(c2cc(NC(=O)C3CC3(F)F)ccc2F)N=C(N)COCC1(F)F. The second-order valence-corrected chi connectivity index (χ2v) is 6.57. The number of hydrogen-bond donors (Lipinski definition) is 2. The number of amides is 1. The Morgan fingerprint density at radius 1 is 1.35 bits per heavy atom. The molecule has 3 N–H and O–H groups in total. The average Bonchev–Trinajstić information content (AvgIpc) is 3.18. The van der Waals surface area contributed by atoms with E-state index in [4.69, 9.17) is 10.5 Å². The molecule has 0 aromatic heterocycles. The van der Waals surface area contributed by atoms with E-state index in [0.29, 0.717) is 0 Å². The lowest BCUT2D eigenvalue weighted by Gasteiger charge is -2.33. The first-order valence-corrected chi connectivity index (χ1v) is 7.75. The summed E-state index contributed by atoms with van der Waals surface area (Å²) in [6, 6.07) is 2.90. The number of nitrogens with zero attached hydrogens (tertiary/aromatic N) is 1. The molecule has 1 saturated carbocycles. The van der Waals surface area contributed by atoms with Gasteiger partial charge in [0.15, 0.2) is 5.54 Å². The van der Waals surface area contributed by atoms with Crippen molar-refractivity contribution in [2.24, 2.45) is 16.6 Å². The van der Waals surface area contributed by atoms with Gasteiger partial charge in [-0.1, -0.05) is 0 Å². The predicted octanol–water partition coefficient (Wildman–Crippen LogP) is 2.66. The minimum absolute atomic E-state index is 0.0925. The van der Waals surface area contributed by atoms with E-state index in [-0.39, 0.29) is 18.1 Å². The van der Waals surface area contributed by atoms with Crippen LogP contribution < -0.4 is 11.1 Å². The van der Waals surface area contributed by atoms with E-state index in [0.717, 1.165) is 25.1 Å². The van der Waals surface area contributed by atoms with E-state index < -0.39 is 53.6 Å². The molecule has 3 rings (SSSR count). The van der Waals surface area contributed by atoms with E-state index in [1.54, 1.807) is 0 Å². The van der Waals surface area contributed by atoms with Crippen molar-refractivity contribution in [3.63, 3.8) is 0 Å². The van der Waals surface area contributed by atoms with E-state index in [9.17, 15) is 26.7 Å². The number of anilines is 1. The van der Waals surface area contributed by atoms with Crippen LogP contribution in [0.15, 0.2) is 23.2 Å². The fourth-order valence-corrected chi connectivity index (χ4v) is 2.79. The molecule has 1 unspecified atom stereocenters. The van der Waals surface area contributed by atoms with Gasteiger partial charge in [0.05, 0.1) is 0 Å². The van der Waals surface area contributed by atoms with E-state index in [1.807, 2.05) is 0 Å². The van der Waals surface area contributed by atoms with Crippen LogP contribution in [0.2, 0.25) is 0 Å². The van der Waals surface area contributed by atoms with Gasteiger partial charge in [0.2, 0.25) is 5.91 Å². The van der Waals surface area contributed by atoms with Crippen LogP contribution in [0.5, 0.6) is 0 Å². The number of carbonyl (C=O) groups is 1. The van der Waals surface area contributed by atoms with Gasteiger partial charge in [0, 0.05) is 17.7 Å². The summed E-state index contributed by atoms with van der Waals surface area (Å²) in [6.07, 6.45) is -0.583. The van der Waals surface area contributed by atoms with E-state index >= 15 is 0 Å². The minimum atomic E-state index is -3.60. The van der Waals surface area contributed by atoms with Crippen molar-refractivity contribution in [1.29, 1.82) is 0 Å². The molecule has 0 spiro atoms. The van der Waals surface area contributed by atoms with Gasteiger partial charge in [-0.15, -0.1) is 0 Å². The fraction of sp³-hybridized carbons (Fsp3) is 0.500. The van der Waals surface area contributed by atoms with Gasteiger partial charge in [0.25, 0.3) is 11.8 Å². The standard InChI is InChI=1S/C16H16F5N3O2/c1-14(16(20,21)7-26-6-12(22)24-14)9-4-8(2-3-11(9)17)23-13(25)10-5-15(10,18)19/h2-4,10H,5-7H2,1H3,(H2,22,24)(H,23,25)/t10?,14-/m1/s1. The summed E-state index contributed by atoms with van der Waals surface area (Å²) in [5, 5.41) is 2.20. The molecule has 1 aliphatic carbocycles. The summed E-state index contributed by atoms with van der Waals surface area (Å²) in [5.41, 5.74) is 2.52. The smallest absolute Gasteiger partial charge is 0.299 e. The molecule has 2 atom stereocenters. The van der Waals surface area contributed by atoms with Crippen molar-refractivity contribution < 1.29 is 31.5 Å². The molecular formula is C16H16F5N3O2. The second-order valence-electron chi connectivity index (χ2n) is 6.57. The molecule has 5 nitrogen and oxygen atoms in total. The molecule has 26 heavy (non-hydrogen) atoms. The van der Waals surface area contributed by atoms with Crippen LogP contribution in [-0.2, 0) is 15.1 Å². The zero-order valence-electron chi connectivity index (χ0n) is 13.7. The van der Waals surface area contributed by atoms with Crippen molar-refractivity contribution >= 4 is 17.4 Å².